The minimum atomic E-state index is -5.12. The smallest absolute Gasteiger partial charge is 0.424 e. The number of phenols is 1. The van der Waals surface area contributed by atoms with Gasteiger partial charge in [-0.2, -0.15) is 26.3 Å². The van der Waals surface area contributed by atoms with Gasteiger partial charge in [-0.1, -0.05) is 23.8 Å². The first-order chi connectivity index (χ1) is 17.5. The number of fused-ring (bicyclic) bond motifs is 1. The zero-order chi connectivity index (χ0) is 29.1. The second kappa shape index (κ2) is 11.7. The number of hydrogen-bond donors (Lipinski definition) is 3. The van der Waals surface area contributed by atoms with Gasteiger partial charge in [-0.25, -0.2) is 4.39 Å². The molecule has 2 aromatic rings. The van der Waals surface area contributed by atoms with Crippen LogP contribution in [-0.4, -0.2) is 52.8 Å². The van der Waals surface area contributed by atoms with Gasteiger partial charge in [0.1, 0.15) is 11.7 Å². The average molecular weight is 552 g/mol. The minimum absolute atomic E-state index is 0.00810. The van der Waals surface area contributed by atoms with Crippen LogP contribution in [0.15, 0.2) is 42.0 Å². The summed E-state index contributed by atoms with van der Waals surface area (Å²) in [6, 6.07) is 7.68. The number of hydrogen-bond acceptors (Lipinski definition) is 5. The van der Waals surface area contributed by atoms with Crippen LogP contribution in [0.25, 0.3) is 5.57 Å². The number of aromatic hydroxyl groups is 1. The summed E-state index contributed by atoms with van der Waals surface area (Å²) >= 11 is 0. The van der Waals surface area contributed by atoms with Crippen molar-refractivity contribution in [3.05, 3.63) is 64.5 Å². The molecule has 0 saturated carbocycles. The minimum Gasteiger partial charge on any atom is -0.508 e. The molecule has 2 aromatic carbocycles. The van der Waals surface area contributed by atoms with Crippen molar-refractivity contribution in [3.63, 3.8) is 0 Å². The number of benzene rings is 2. The van der Waals surface area contributed by atoms with E-state index in [0.717, 1.165) is 6.07 Å². The molecule has 0 saturated heterocycles. The lowest BCUT2D eigenvalue weighted by Gasteiger charge is -2.32. The molecule has 12 heteroatoms. The maximum absolute atomic E-state index is 13.7. The number of aldehydes is 1. The van der Waals surface area contributed by atoms with Gasteiger partial charge in [-0.15, -0.1) is 0 Å². The lowest BCUT2D eigenvalue weighted by molar-refractivity contribution is -0.242. The number of phenolic OH excluding ortho intramolecular Hbond substituents is 1. The molecular formula is C26H27F7O5. The fourth-order valence-corrected chi connectivity index (χ4v) is 4.12. The third kappa shape index (κ3) is 6.84. The number of methoxy groups -OCH3 is 1. The van der Waals surface area contributed by atoms with Crippen LogP contribution in [0.5, 0.6) is 11.5 Å². The number of aliphatic hydroxyl groups excluding tert-OH is 1. The topological polar surface area (TPSA) is 87.0 Å². The van der Waals surface area contributed by atoms with Crippen molar-refractivity contribution in [3.8, 4) is 11.5 Å². The zero-order valence-corrected chi connectivity index (χ0v) is 20.6. The Labute approximate surface area is 214 Å². The van der Waals surface area contributed by atoms with Crippen LogP contribution in [0.4, 0.5) is 30.7 Å². The van der Waals surface area contributed by atoms with E-state index < -0.39 is 48.5 Å². The number of allylic oxidation sites excluding steroid dienone is 1. The van der Waals surface area contributed by atoms with Crippen molar-refractivity contribution in [1.82, 2.24) is 0 Å². The lowest BCUT2D eigenvalue weighted by Crippen LogP contribution is -2.46. The molecule has 3 rings (SSSR count). The third-order valence-corrected chi connectivity index (χ3v) is 6.19. The SMILES string of the molecule is COc1ccc(C(CC(O)(C=O)C(F)(F)F)=C(C)C)cc1F.Oc1cccc2c1CCC(O)C2C(F)(F)F. The first-order valence-corrected chi connectivity index (χ1v) is 11.3. The van der Waals surface area contributed by atoms with Gasteiger partial charge in [-0.05, 0) is 67.2 Å². The van der Waals surface area contributed by atoms with Gasteiger partial charge in [0.25, 0.3) is 0 Å². The van der Waals surface area contributed by atoms with E-state index in [1.54, 1.807) is 0 Å². The Kier molecular flexibility index (Phi) is 9.60. The number of alkyl halides is 6. The van der Waals surface area contributed by atoms with E-state index in [-0.39, 0.29) is 41.0 Å². The Morgan fingerprint density at radius 1 is 1.11 bits per heavy atom. The monoisotopic (exact) mass is 552 g/mol. The number of aliphatic hydroxyl groups is 2. The largest absolute Gasteiger partial charge is 0.508 e. The average Bonchev–Trinajstić information content (AvgIpc) is 2.81. The molecule has 1 aliphatic carbocycles. The molecule has 0 aliphatic heterocycles. The van der Waals surface area contributed by atoms with Crippen LogP contribution in [0.3, 0.4) is 0 Å². The molecule has 38 heavy (non-hydrogen) atoms. The van der Waals surface area contributed by atoms with Crippen molar-refractivity contribution in [2.24, 2.45) is 0 Å². The van der Waals surface area contributed by atoms with Crippen LogP contribution in [0, 0.1) is 5.82 Å². The van der Waals surface area contributed by atoms with Gasteiger partial charge in [0.05, 0.1) is 13.2 Å². The maximum Gasteiger partial charge on any atom is 0.424 e. The normalized spacial score (nSPS) is 18.8. The molecule has 0 fully saturated rings. The molecule has 0 spiro atoms. The van der Waals surface area contributed by atoms with E-state index in [9.17, 15) is 50.8 Å². The Morgan fingerprint density at radius 2 is 1.74 bits per heavy atom. The van der Waals surface area contributed by atoms with Gasteiger partial charge in [-0.3, -0.25) is 4.79 Å². The molecule has 0 aromatic heterocycles. The molecule has 5 nitrogen and oxygen atoms in total. The highest BCUT2D eigenvalue weighted by Gasteiger charge is 2.54. The quantitative estimate of drug-likeness (QED) is 0.320. The number of carbonyl (C=O) groups excluding carboxylic acids is 1. The summed E-state index contributed by atoms with van der Waals surface area (Å²) in [4.78, 5) is 10.7. The van der Waals surface area contributed by atoms with E-state index in [0.29, 0.717) is 11.1 Å². The summed E-state index contributed by atoms with van der Waals surface area (Å²) in [5, 5.41) is 28.5. The highest BCUT2D eigenvalue weighted by Crippen LogP contribution is 2.45. The predicted octanol–water partition coefficient (Wildman–Crippen LogP) is 5.86. The Bertz CT molecular complexity index is 1170. The van der Waals surface area contributed by atoms with Crippen LogP contribution in [0.1, 0.15) is 49.3 Å². The van der Waals surface area contributed by atoms with Crippen molar-refractivity contribution >= 4 is 11.9 Å². The van der Waals surface area contributed by atoms with Gasteiger partial charge in [0.2, 0.25) is 5.60 Å². The number of ether oxygens (including phenoxy) is 1. The van der Waals surface area contributed by atoms with Gasteiger partial charge >= 0.3 is 12.4 Å². The van der Waals surface area contributed by atoms with Crippen LogP contribution in [0.2, 0.25) is 0 Å². The summed E-state index contributed by atoms with van der Waals surface area (Å²) in [7, 11) is 1.26. The van der Waals surface area contributed by atoms with E-state index in [2.05, 4.69) is 0 Å². The molecular weight excluding hydrogens is 525 g/mol. The zero-order valence-electron chi connectivity index (χ0n) is 20.6. The van der Waals surface area contributed by atoms with Crippen LogP contribution in [-0.2, 0) is 11.2 Å². The molecule has 210 valence electrons. The molecule has 1 aliphatic rings. The number of halogens is 7. The molecule has 0 heterocycles. The summed E-state index contributed by atoms with van der Waals surface area (Å²) in [6.07, 6.45) is -12.3. The Balaban J connectivity index is 0.000000279. The van der Waals surface area contributed by atoms with Crippen molar-refractivity contribution < 1.29 is 55.6 Å². The molecule has 0 amide bonds. The molecule has 3 N–H and O–H groups in total. The van der Waals surface area contributed by atoms with Crippen molar-refractivity contribution in [1.29, 1.82) is 0 Å². The second-order valence-electron chi connectivity index (χ2n) is 9.01. The molecule has 3 unspecified atom stereocenters. The lowest BCUT2D eigenvalue weighted by atomic mass is 9.80. The first-order valence-electron chi connectivity index (χ1n) is 11.3. The Hall–Kier alpha value is -3.12. The predicted molar refractivity (Wildman–Crippen MR) is 124 cm³/mol. The van der Waals surface area contributed by atoms with Crippen molar-refractivity contribution in [2.45, 2.75) is 63.1 Å². The number of rotatable bonds is 5. The summed E-state index contributed by atoms with van der Waals surface area (Å²) in [6.45, 7) is 3.03. The van der Waals surface area contributed by atoms with Crippen LogP contribution < -0.4 is 4.74 Å². The number of carbonyl (C=O) groups is 1. The highest BCUT2D eigenvalue weighted by atomic mass is 19.4. The fraction of sp³-hybridized carbons (Fsp3) is 0.423. The summed E-state index contributed by atoms with van der Waals surface area (Å²) < 4.78 is 95.3. The second-order valence-corrected chi connectivity index (χ2v) is 9.01. The molecule has 0 radical (unpaired) electrons. The van der Waals surface area contributed by atoms with E-state index >= 15 is 0 Å². The highest BCUT2D eigenvalue weighted by molar-refractivity contribution is 5.75. The van der Waals surface area contributed by atoms with E-state index in [1.807, 2.05) is 0 Å². The van der Waals surface area contributed by atoms with Gasteiger partial charge in [0, 0.05) is 6.42 Å². The fourth-order valence-electron chi connectivity index (χ4n) is 4.12. The van der Waals surface area contributed by atoms with E-state index in [1.165, 1.54) is 51.3 Å². The van der Waals surface area contributed by atoms with E-state index in [4.69, 9.17) is 4.74 Å². The molecule has 0 bridgehead atoms. The standard InChI is InChI=1S/C15H16F4O3.C11H11F3O2/c1-9(2)11(7-14(21,8-20)15(17,18)19)10-4-5-13(22-3)12(16)6-10;12-11(13,14)10-7-2-1-3-8(15)6(7)4-5-9(10)16/h4-6,8,21H,7H2,1-3H3;1-3,9-10,15-16H,4-5H2. The third-order valence-electron chi connectivity index (χ3n) is 6.19. The van der Waals surface area contributed by atoms with Gasteiger partial charge in [0.15, 0.2) is 17.9 Å². The first kappa shape index (κ1) is 31.1. The maximum atomic E-state index is 13.7. The summed E-state index contributed by atoms with van der Waals surface area (Å²) in [5.41, 5.74) is -2.62. The molecule has 3 atom stereocenters. The summed E-state index contributed by atoms with van der Waals surface area (Å²) in [5.74, 6) is -2.82. The Morgan fingerprint density at radius 3 is 2.21 bits per heavy atom. The van der Waals surface area contributed by atoms with Crippen LogP contribution >= 0.6 is 0 Å². The van der Waals surface area contributed by atoms with Crippen molar-refractivity contribution in [2.75, 3.05) is 7.11 Å². The van der Waals surface area contributed by atoms with Gasteiger partial charge < -0.3 is 20.1 Å².